The van der Waals surface area contributed by atoms with Crippen LogP contribution in [0.15, 0.2) is 47.6 Å². The molecule has 6 fully saturated rings. The van der Waals surface area contributed by atoms with E-state index in [9.17, 15) is 9.59 Å². The van der Waals surface area contributed by atoms with Crippen LogP contribution in [0.2, 0.25) is 0 Å². The number of carbonyl (C=O) groups excluding carboxylic acids is 2. The van der Waals surface area contributed by atoms with Crippen molar-refractivity contribution in [2.45, 2.75) is 416 Å². The first-order chi connectivity index (χ1) is 47.1. The molecule has 0 aliphatic heterocycles. The molecule has 0 bridgehead atoms. The summed E-state index contributed by atoms with van der Waals surface area (Å²) in [5.74, 6) is 10.6. The molecule has 8 rings (SSSR count). The lowest BCUT2D eigenvalue weighted by atomic mass is 9.47. The van der Waals surface area contributed by atoms with Crippen LogP contribution in [0, 0.1) is 92.7 Å². The normalized spacial score (nSPS) is 31.5. The second-order valence-corrected chi connectivity index (χ2v) is 36.2. The van der Waals surface area contributed by atoms with E-state index in [0.29, 0.717) is 34.5 Å². The van der Waals surface area contributed by atoms with Gasteiger partial charge in [0.05, 0.1) is 0 Å². The van der Waals surface area contributed by atoms with E-state index >= 15 is 0 Å². The lowest BCUT2D eigenvalue weighted by Gasteiger charge is -2.58. The quantitative estimate of drug-likeness (QED) is 0.0356. The van der Waals surface area contributed by atoms with Gasteiger partial charge in [-0.25, -0.2) is 4.79 Å². The Bertz CT molecular complexity index is 2220. The van der Waals surface area contributed by atoms with Gasteiger partial charge < -0.3 is 19.7 Å². The lowest BCUT2D eigenvalue weighted by Crippen LogP contribution is -2.51. The molecule has 7 nitrogen and oxygen atoms in total. The molecule has 98 heavy (non-hydrogen) atoms. The summed E-state index contributed by atoms with van der Waals surface area (Å²) in [4.78, 5) is 34.2. The van der Waals surface area contributed by atoms with E-state index in [1.54, 1.807) is 11.1 Å². The molecule has 0 amide bonds. The van der Waals surface area contributed by atoms with Gasteiger partial charge in [0.25, 0.3) is 0 Å². The number of unbranched alkanes of at least 4 members (excludes halogenated alkanes) is 22. The minimum atomic E-state index is -1.83. The SMILES string of the molecule is CCCCCCCC/C=C\CCCCCCCC(=O)O[C@H]1CC[C@@]2(C)C(=CC[C@H]3[C@@H]4CC[C@H]([C@H](C)CCCC(C)C)[C@@]4(C)CC[C@@H]32)C1.CCCCCCCC/C=C\CCCCCCCC(=O)O[C@H]1CC[C@@]2(C)C(=CC[C@H]3[C@@H]4CC[C@H]([C@H](C)CCCC(C)C)[C@@]4(C)CC[C@@H]32)C1.O=C(O)O. The number of rotatable bonds is 42. The number of esters is 2. The van der Waals surface area contributed by atoms with Crippen LogP contribution in [-0.4, -0.2) is 40.5 Å². The molecule has 6 saturated carbocycles. The Morgan fingerprint density at radius 1 is 0.418 bits per heavy atom. The van der Waals surface area contributed by atoms with Crippen molar-refractivity contribution >= 4 is 18.1 Å². The Hall–Kier alpha value is -2.83. The molecule has 16 atom stereocenters. The van der Waals surface area contributed by atoms with Crippen LogP contribution in [0.3, 0.4) is 0 Å². The van der Waals surface area contributed by atoms with Gasteiger partial charge in [-0.3, -0.25) is 9.59 Å². The second-order valence-electron chi connectivity index (χ2n) is 36.2. The van der Waals surface area contributed by atoms with Crippen LogP contribution in [0.1, 0.15) is 404 Å². The highest BCUT2D eigenvalue weighted by molar-refractivity contribution is 5.70. The third-order valence-electron chi connectivity index (χ3n) is 28.4. The predicted octanol–water partition coefficient (Wildman–Crippen LogP) is 28.2. The molecule has 0 unspecified atom stereocenters. The van der Waals surface area contributed by atoms with Crippen molar-refractivity contribution in [3.8, 4) is 0 Å². The zero-order valence-electron chi connectivity index (χ0n) is 66.3. The Labute approximate surface area is 605 Å². The molecule has 0 heterocycles. The molecular formula is C91H158O7. The smallest absolute Gasteiger partial charge is 0.462 e. The summed E-state index contributed by atoms with van der Waals surface area (Å²) in [5, 5.41) is 13.9. The number of hydrogen-bond donors (Lipinski definition) is 2. The minimum Gasteiger partial charge on any atom is -0.462 e. The van der Waals surface area contributed by atoms with Crippen molar-refractivity contribution in [2.75, 3.05) is 0 Å². The second kappa shape index (κ2) is 44.1. The molecule has 0 aromatic heterocycles. The Morgan fingerprint density at radius 3 is 1.08 bits per heavy atom. The fourth-order valence-electron chi connectivity index (χ4n) is 22.7. The van der Waals surface area contributed by atoms with E-state index < -0.39 is 6.16 Å². The minimum absolute atomic E-state index is 0.0541. The van der Waals surface area contributed by atoms with Gasteiger partial charge in [-0.2, -0.15) is 0 Å². The van der Waals surface area contributed by atoms with Crippen molar-refractivity contribution in [1.82, 2.24) is 0 Å². The first kappa shape index (κ1) is 84.1. The third kappa shape index (κ3) is 25.8. The molecule has 0 aromatic rings. The Kier molecular flexibility index (Phi) is 37.8. The topological polar surface area (TPSA) is 110 Å². The number of allylic oxidation sites excluding steroid dienone is 6. The van der Waals surface area contributed by atoms with Gasteiger partial charge in [0.15, 0.2) is 0 Å². The molecular weight excluding hydrogens is 1200 g/mol. The molecule has 8 aliphatic carbocycles. The van der Waals surface area contributed by atoms with Crippen LogP contribution in [-0.2, 0) is 19.1 Å². The van der Waals surface area contributed by atoms with Crippen LogP contribution < -0.4 is 0 Å². The summed E-state index contributed by atoms with van der Waals surface area (Å²) in [5.41, 5.74) is 5.05. The van der Waals surface area contributed by atoms with Crippen molar-refractivity contribution in [2.24, 2.45) is 92.7 Å². The monoisotopic (exact) mass is 1360 g/mol. The maximum Gasteiger partial charge on any atom is 0.503 e. The zero-order chi connectivity index (χ0) is 71.0. The lowest BCUT2D eigenvalue weighted by molar-refractivity contribution is -0.152. The fourth-order valence-corrected chi connectivity index (χ4v) is 22.7. The molecule has 7 heteroatoms. The largest absolute Gasteiger partial charge is 0.503 e. The van der Waals surface area contributed by atoms with Crippen LogP contribution in [0.25, 0.3) is 0 Å². The average molecular weight is 1360 g/mol. The highest BCUT2D eigenvalue weighted by Crippen LogP contribution is 2.69. The Balaban J connectivity index is 0.000000293. The molecule has 8 aliphatic rings. The zero-order valence-corrected chi connectivity index (χ0v) is 66.3. The van der Waals surface area contributed by atoms with Crippen LogP contribution in [0.5, 0.6) is 0 Å². The van der Waals surface area contributed by atoms with Crippen molar-refractivity contribution in [3.63, 3.8) is 0 Å². The maximum absolute atomic E-state index is 12.8. The Morgan fingerprint density at radius 2 is 0.745 bits per heavy atom. The number of hydrogen-bond acceptors (Lipinski definition) is 5. The number of carboxylic acid groups (broad SMARTS) is 2. The highest BCUT2D eigenvalue weighted by Gasteiger charge is 2.61. The van der Waals surface area contributed by atoms with Gasteiger partial charge in [0.2, 0.25) is 0 Å². The van der Waals surface area contributed by atoms with Crippen molar-refractivity contribution in [3.05, 3.63) is 47.6 Å². The number of ether oxygens (including phenoxy) is 2. The van der Waals surface area contributed by atoms with Crippen molar-refractivity contribution < 1.29 is 34.1 Å². The van der Waals surface area contributed by atoms with Crippen LogP contribution >= 0.6 is 0 Å². The molecule has 564 valence electrons. The summed E-state index contributed by atoms with van der Waals surface area (Å²) in [7, 11) is 0. The molecule has 0 spiro atoms. The summed E-state index contributed by atoms with van der Waals surface area (Å²) < 4.78 is 12.2. The van der Waals surface area contributed by atoms with Gasteiger partial charge in [0, 0.05) is 25.7 Å². The van der Waals surface area contributed by atoms with Gasteiger partial charge >= 0.3 is 18.1 Å². The van der Waals surface area contributed by atoms with Crippen molar-refractivity contribution in [1.29, 1.82) is 0 Å². The van der Waals surface area contributed by atoms with Gasteiger partial charge in [-0.05, 0) is 247 Å². The van der Waals surface area contributed by atoms with E-state index in [2.05, 4.69) is 120 Å². The summed E-state index contributed by atoms with van der Waals surface area (Å²) >= 11 is 0. The highest BCUT2D eigenvalue weighted by atomic mass is 16.6. The average Bonchev–Trinajstić information content (AvgIpc) is 1.27. The first-order valence-electron chi connectivity index (χ1n) is 43.1. The van der Waals surface area contributed by atoms with E-state index in [0.717, 1.165) is 122 Å². The van der Waals surface area contributed by atoms with E-state index in [1.165, 1.54) is 257 Å². The summed E-state index contributed by atoms with van der Waals surface area (Å²) in [6.45, 7) is 29.9. The van der Waals surface area contributed by atoms with Gasteiger partial charge in [0.1, 0.15) is 12.2 Å². The van der Waals surface area contributed by atoms with Gasteiger partial charge in [-0.1, -0.05) is 272 Å². The maximum atomic E-state index is 12.8. The number of fused-ring (bicyclic) bond motifs is 10. The molecule has 0 saturated heterocycles. The van der Waals surface area contributed by atoms with Gasteiger partial charge in [-0.15, -0.1) is 0 Å². The summed E-state index contributed by atoms with van der Waals surface area (Å²) in [6, 6.07) is 0. The molecule has 0 radical (unpaired) electrons. The molecule has 0 aromatic carbocycles. The number of carbonyl (C=O) groups is 3. The van der Waals surface area contributed by atoms with Crippen LogP contribution in [0.4, 0.5) is 4.79 Å². The fraction of sp³-hybridized carbons (Fsp3) is 0.879. The predicted molar refractivity (Wildman–Crippen MR) is 415 cm³/mol. The molecule has 2 N–H and O–H groups in total. The third-order valence-corrected chi connectivity index (χ3v) is 28.4. The van der Waals surface area contributed by atoms with E-state index in [4.69, 9.17) is 24.5 Å². The first-order valence-corrected chi connectivity index (χ1v) is 43.1. The van der Waals surface area contributed by atoms with E-state index in [1.807, 2.05) is 0 Å². The standard InChI is InChI=1S/2C45H78O2.CH2O3/c2*1-7-8-9-10-11-12-13-14-15-16-17-18-19-20-21-25-43(46)47-38-30-32-44(5)37(34-38)26-27-39-41-29-28-40(36(4)24-22-23-35(2)3)45(41,6)33-31-42(39)44;2-1(3)4/h2*14-15,26,35-36,38-42H,7-13,16-25,27-34H2,1-6H3;(H2,2,3,4)/b2*15-14-;/t2*36-,38+,39+,40-,41+,42+,44+,45-;/m11./s1. The summed E-state index contributed by atoms with van der Waals surface area (Å²) in [6.07, 6.45) is 77.1. The van der Waals surface area contributed by atoms with E-state index in [-0.39, 0.29) is 24.1 Å².